The minimum atomic E-state index is -0.533. The van der Waals surface area contributed by atoms with Gasteiger partial charge in [-0.2, -0.15) is 0 Å². The maximum atomic E-state index is 12.0. The molecule has 2 rings (SSSR count). The van der Waals surface area contributed by atoms with Crippen LogP contribution in [0.4, 0.5) is 21.9 Å². The first-order valence-electron chi connectivity index (χ1n) is 6.36. The third-order valence-corrected chi connectivity index (χ3v) is 3.07. The van der Waals surface area contributed by atoms with Crippen LogP contribution in [-0.4, -0.2) is 11.0 Å². The van der Waals surface area contributed by atoms with Crippen molar-refractivity contribution >= 4 is 23.1 Å². The van der Waals surface area contributed by atoms with Crippen LogP contribution in [0.2, 0.25) is 0 Å². The fourth-order valence-electron chi connectivity index (χ4n) is 2.02. The third-order valence-electron chi connectivity index (χ3n) is 3.07. The highest BCUT2D eigenvalue weighted by atomic mass is 16.6. The minimum Gasteiger partial charge on any atom is -0.307 e. The molecule has 0 aromatic heterocycles. The van der Waals surface area contributed by atoms with Crippen LogP contribution >= 0.6 is 0 Å². The lowest BCUT2D eigenvalue weighted by atomic mass is 10.1. The summed E-state index contributed by atoms with van der Waals surface area (Å²) < 4.78 is 0. The summed E-state index contributed by atoms with van der Waals surface area (Å²) in [4.78, 5) is 22.4. The van der Waals surface area contributed by atoms with Crippen molar-refractivity contribution in [1.29, 1.82) is 0 Å². The first-order chi connectivity index (χ1) is 9.99. The lowest BCUT2D eigenvalue weighted by Gasteiger charge is -2.12. The van der Waals surface area contributed by atoms with E-state index in [0.717, 1.165) is 11.1 Å². The summed E-state index contributed by atoms with van der Waals surface area (Å²) in [5.74, 6) is 0. The predicted octanol–water partition coefficient (Wildman–Crippen LogP) is 3.86. The number of hydrogen-bond donors (Lipinski definition) is 2. The van der Waals surface area contributed by atoms with Crippen LogP contribution in [0.25, 0.3) is 0 Å². The van der Waals surface area contributed by atoms with E-state index in [0.29, 0.717) is 5.69 Å². The molecule has 0 bridgehead atoms. The van der Waals surface area contributed by atoms with E-state index in [4.69, 9.17) is 0 Å². The molecule has 2 aromatic carbocycles. The van der Waals surface area contributed by atoms with Crippen molar-refractivity contribution in [3.05, 3.63) is 63.7 Å². The maximum Gasteiger partial charge on any atom is 0.323 e. The van der Waals surface area contributed by atoms with Gasteiger partial charge >= 0.3 is 6.03 Å². The van der Waals surface area contributed by atoms with Crippen molar-refractivity contribution in [3.8, 4) is 0 Å². The van der Waals surface area contributed by atoms with Crippen LogP contribution in [0, 0.1) is 24.0 Å². The summed E-state index contributed by atoms with van der Waals surface area (Å²) in [7, 11) is 0. The number of benzene rings is 2. The zero-order chi connectivity index (χ0) is 15.4. The Balaban J connectivity index is 2.18. The molecule has 0 heterocycles. The average Bonchev–Trinajstić information content (AvgIpc) is 2.43. The van der Waals surface area contributed by atoms with E-state index in [1.54, 1.807) is 12.1 Å². The van der Waals surface area contributed by atoms with Crippen molar-refractivity contribution in [2.75, 3.05) is 10.6 Å². The van der Waals surface area contributed by atoms with Gasteiger partial charge < -0.3 is 10.6 Å². The fraction of sp³-hybridized carbons (Fsp3) is 0.133. The Bertz CT molecular complexity index is 678. The summed E-state index contributed by atoms with van der Waals surface area (Å²) in [6.45, 7) is 3.77. The normalized spacial score (nSPS) is 10.0. The van der Waals surface area contributed by atoms with Crippen LogP contribution in [0.15, 0.2) is 42.5 Å². The lowest BCUT2D eigenvalue weighted by Crippen LogP contribution is -2.21. The lowest BCUT2D eigenvalue weighted by molar-refractivity contribution is -0.383. The number of aryl methyl sites for hydroxylation is 2. The fourth-order valence-corrected chi connectivity index (χ4v) is 2.02. The summed E-state index contributed by atoms with van der Waals surface area (Å²) in [6, 6.07) is 11.2. The molecular formula is C15H15N3O3. The van der Waals surface area contributed by atoms with E-state index in [1.165, 1.54) is 12.1 Å². The number of nitro benzene ring substituents is 1. The Labute approximate surface area is 121 Å². The predicted molar refractivity (Wildman–Crippen MR) is 81.7 cm³/mol. The number of anilines is 2. The molecule has 0 aliphatic heterocycles. The van der Waals surface area contributed by atoms with Gasteiger partial charge in [-0.1, -0.05) is 30.3 Å². The van der Waals surface area contributed by atoms with Crippen LogP contribution in [0.3, 0.4) is 0 Å². The monoisotopic (exact) mass is 285 g/mol. The van der Waals surface area contributed by atoms with E-state index in [9.17, 15) is 14.9 Å². The van der Waals surface area contributed by atoms with Crippen LogP contribution < -0.4 is 10.6 Å². The molecule has 2 aromatic rings. The smallest absolute Gasteiger partial charge is 0.307 e. The number of para-hydroxylation sites is 3. The minimum absolute atomic E-state index is 0.144. The van der Waals surface area contributed by atoms with Crippen molar-refractivity contribution in [2.45, 2.75) is 13.8 Å². The van der Waals surface area contributed by atoms with Gasteiger partial charge in [-0.15, -0.1) is 0 Å². The molecule has 0 saturated carbocycles. The second-order valence-corrected chi connectivity index (χ2v) is 4.62. The highest BCUT2D eigenvalue weighted by Crippen LogP contribution is 2.24. The van der Waals surface area contributed by atoms with E-state index >= 15 is 0 Å². The molecule has 6 heteroatoms. The molecule has 2 amide bonds. The van der Waals surface area contributed by atoms with Gasteiger partial charge in [0.15, 0.2) is 0 Å². The third kappa shape index (κ3) is 3.36. The first kappa shape index (κ1) is 14.5. The van der Waals surface area contributed by atoms with Crippen LogP contribution in [0.5, 0.6) is 0 Å². The summed E-state index contributed by atoms with van der Waals surface area (Å²) in [5, 5.41) is 16.1. The first-order valence-corrected chi connectivity index (χ1v) is 6.36. The molecule has 0 unspecified atom stereocenters. The maximum absolute atomic E-state index is 12.0. The van der Waals surface area contributed by atoms with Gasteiger partial charge in [0.05, 0.1) is 4.92 Å². The number of amides is 2. The number of carbonyl (C=O) groups is 1. The Kier molecular flexibility index (Phi) is 4.18. The van der Waals surface area contributed by atoms with Crippen LogP contribution in [0.1, 0.15) is 11.1 Å². The second-order valence-electron chi connectivity index (χ2n) is 4.62. The van der Waals surface area contributed by atoms with Gasteiger partial charge in [0.2, 0.25) is 0 Å². The molecule has 0 spiro atoms. The SMILES string of the molecule is Cc1cccc(C)c1NC(=O)Nc1ccccc1[N+](=O)[O-]. The number of nitrogens with zero attached hydrogens (tertiary/aromatic N) is 1. The van der Waals surface area contributed by atoms with E-state index < -0.39 is 11.0 Å². The van der Waals surface area contributed by atoms with Gasteiger partial charge in [0.25, 0.3) is 5.69 Å². The topological polar surface area (TPSA) is 84.3 Å². The number of nitrogens with one attached hydrogen (secondary N) is 2. The Hall–Kier alpha value is -2.89. The summed E-state index contributed by atoms with van der Waals surface area (Å²) in [6.07, 6.45) is 0. The van der Waals surface area contributed by atoms with E-state index in [2.05, 4.69) is 10.6 Å². The Morgan fingerprint density at radius 1 is 1.00 bits per heavy atom. The van der Waals surface area contributed by atoms with Gasteiger partial charge in [0, 0.05) is 11.8 Å². The molecule has 0 aliphatic carbocycles. The number of urea groups is 1. The van der Waals surface area contributed by atoms with Crippen molar-refractivity contribution in [2.24, 2.45) is 0 Å². The highest BCUT2D eigenvalue weighted by molar-refractivity contribution is 6.01. The van der Waals surface area contributed by atoms with Gasteiger partial charge in [-0.3, -0.25) is 10.1 Å². The molecule has 108 valence electrons. The van der Waals surface area contributed by atoms with Crippen molar-refractivity contribution in [3.63, 3.8) is 0 Å². The molecular weight excluding hydrogens is 270 g/mol. The van der Waals surface area contributed by atoms with Crippen LogP contribution in [-0.2, 0) is 0 Å². The molecule has 0 atom stereocenters. The molecule has 2 N–H and O–H groups in total. The molecule has 0 fully saturated rings. The highest BCUT2D eigenvalue weighted by Gasteiger charge is 2.15. The molecule has 0 aliphatic rings. The van der Waals surface area contributed by atoms with Gasteiger partial charge in [-0.25, -0.2) is 4.79 Å². The van der Waals surface area contributed by atoms with Crippen molar-refractivity contribution in [1.82, 2.24) is 0 Å². The zero-order valence-electron chi connectivity index (χ0n) is 11.7. The molecule has 6 nitrogen and oxygen atoms in total. The Morgan fingerprint density at radius 2 is 1.62 bits per heavy atom. The van der Waals surface area contributed by atoms with Gasteiger partial charge in [0.1, 0.15) is 5.69 Å². The number of carbonyl (C=O) groups excluding carboxylic acids is 1. The number of rotatable bonds is 3. The Morgan fingerprint density at radius 3 is 2.24 bits per heavy atom. The van der Waals surface area contributed by atoms with E-state index in [-0.39, 0.29) is 11.4 Å². The quantitative estimate of drug-likeness (QED) is 0.663. The zero-order valence-corrected chi connectivity index (χ0v) is 11.7. The summed E-state index contributed by atoms with van der Waals surface area (Å²) in [5.41, 5.74) is 2.56. The van der Waals surface area contributed by atoms with Gasteiger partial charge in [-0.05, 0) is 31.0 Å². The number of hydrogen-bond acceptors (Lipinski definition) is 3. The summed E-state index contributed by atoms with van der Waals surface area (Å²) >= 11 is 0. The van der Waals surface area contributed by atoms with E-state index in [1.807, 2.05) is 32.0 Å². The largest absolute Gasteiger partial charge is 0.323 e. The molecule has 0 saturated heterocycles. The molecule has 21 heavy (non-hydrogen) atoms. The second kappa shape index (κ2) is 6.04. The van der Waals surface area contributed by atoms with Crippen molar-refractivity contribution < 1.29 is 9.72 Å². The average molecular weight is 285 g/mol. The standard InChI is InChI=1S/C15H15N3O3/c1-10-6-5-7-11(2)14(10)17-15(19)16-12-8-3-4-9-13(12)18(20)21/h3-9H,1-2H3,(H2,16,17,19). The number of nitro groups is 1. The molecule has 0 radical (unpaired) electrons.